The van der Waals surface area contributed by atoms with Crippen molar-refractivity contribution in [3.63, 3.8) is 0 Å². The van der Waals surface area contributed by atoms with E-state index in [2.05, 4.69) is 0 Å². The van der Waals surface area contributed by atoms with Crippen LogP contribution in [0.3, 0.4) is 0 Å². The van der Waals surface area contributed by atoms with Crippen LogP contribution >= 0.6 is 11.6 Å². The van der Waals surface area contributed by atoms with Crippen LogP contribution in [0.2, 0.25) is 0 Å². The Morgan fingerprint density at radius 3 is 2.29 bits per heavy atom. The second-order valence-corrected chi connectivity index (χ2v) is 5.64. The first kappa shape index (κ1) is 15.8. The molecular formula is C17H17ClF2O. The standard InChI is InChI=1S/C17H17ClF2O/c1-11(2)21-13-6-3-5-12(9-13)15(18)10-14-16(19)7-4-8-17(14)20/h3-9,11,15H,10H2,1-2H3. The summed E-state index contributed by atoms with van der Waals surface area (Å²) in [5.74, 6) is -0.451. The van der Waals surface area contributed by atoms with Crippen molar-refractivity contribution in [2.45, 2.75) is 31.7 Å². The normalized spacial score (nSPS) is 12.5. The molecule has 0 N–H and O–H groups in total. The Kier molecular flexibility index (Phi) is 5.18. The van der Waals surface area contributed by atoms with Gasteiger partial charge in [0, 0.05) is 5.56 Å². The van der Waals surface area contributed by atoms with E-state index in [1.165, 1.54) is 18.2 Å². The molecule has 0 amide bonds. The highest BCUT2D eigenvalue weighted by molar-refractivity contribution is 6.20. The van der Waals surface area contributed by atoms with Crippen LogP contribution in [0, 0.1) is 11.6 Å². The Hall–Kier alpha value is -1.61. The Morgan fingerprint density at radius 2 is 1.67 bits per heavy atom. The van der Waals surface area contributed by atoms with Crippen LogP contribution in [-0.4, -0.2) is 6.10 Å². The van der Waals surface area contributed by atoms with Crippen LogP contribution < -0.4 is 4.74 Å². The number of alkyl halides is 1. The third-order valence-corrected chi connectivity index (χ3v) is 3.44. The van der Waals surface area contributed by atoms with Crippen LogP contribution in [0.15, 0.2) is 42.5 Å². The molecule has 0 aliphatic heterocycles. The molecule has 21 heavy (non-hydrogen) atoms. The number of benzene rings is 2. The van der Waals surface area contributed by atoms with Gasteiger partial charge >= 0.3 is 0 Å². The molecule has 0 saturated heterocycles. The maximum atomic E-state index is 13.7. The molecule has 2 aromatic carbocycles. The maximum Gasteiger partial charge on any atom is 0.129 e. The van der Waals surface area contributed by atoms with Gasteiger partial charge in [-0.2, -0.15) is 0 Å². The van der Waals surface area contributed by atoms with Gasteiger partial charge in [0.15, 0.2) is 0 Å². The van der Waals surface area contributed by atoms with Gasteiger partial charge in [0.1, 0.15) is 17.4 Å². The molecule has 0 saturated carbocycles. The van der Waals surface area contributed by atoms with Crippen LogP contribution in [0.25, 0.3) is 0 Å². The van der Waals surface area contributed by atoms with Crippen molar-refractivity contribution in [1.82, 2.24) is 0 Å². The van der Waals surface area contributed by atoms with E-state index in [9.17, 15) is 8.78 Å². The van der Waals surface area contributed by atoms with Crippen molar-refractivity contribution in [3.05, 3.63) is 65.2 Å². The zero-order valence-corrected chi connectivity index (χ0v) is 12.7. The first-order valence-corrected chi connectivity index (χ1v) is 7.24. The van der Waals surface area contributed by atoms with Gasteiger partial charge in [-0.1, -0.05) is 18.2 Å². The number of hydrogen-bond donors (Lipinski definition) is 0. The van der Waals surface area contributed by atoms with Crippen LogP contribution in [0.5, 0.6) is 5.75 Å². The summed E-state index contributed by atoms with van der Waals surface area (Å²) in [5.41, 5.74) is 0.783. The number of ether oxygens (including phenoxy) is 1. The molecule has 2 aromatic rings. The lowest BCUT2D eigenvalue weighted by Gasteiger charge is -2.14. The highest BCUT2D eigenvalue weighted by Crippen LogP contribution is 2.29. The molecule has 0 spiro atoms. The van der Waals surface area contributed by atoms with Crippen LogP contribution in [0.4, 0.5) is 8.78 Å². The van der Waals surface area contributed by atoms with E-state index in [1.807, 2.05) is 32.0 Å². The molecule has 0 radical (unpaired) electrons. The second-order valence-electron chi connectivity index (χ2n) is 5.11. The quantitative estimate of drug-likeness (QED) is 0.683. The maximum absolute atomic E-state index is 13.7. The fourth-order valence-corrected chi connectivity index (χ4v) is 2.37. The minimum absolute atomic E-state index is 0.00711. The van der Waals surface area contributed by atoms with Crippen molar-refractivity contribution in [1.29, 1.82) is 0 Å². The summed E-state index contributed by atoms with van der Waals surface area (Å²) in [4.78, 5) is 0. The number of hydrogen-bond acceptors (Lipinski definition) is 1. The van der Waals surface area contributed by atoms with Gasteiger partial charge in [-0.05, 0) is 50.1 Å². The first-order valence-electron chi connectivity index (χ1n) is 6.81. The molecule has 0 bridgehead atoms. The molecule has 1 nitrogen and oxygen atoms in total. The Morgan fingerprint density at radius 1 is 1.05 bits per heavy atom. The van der Waals surface area contributed by atoms with Crippen molar-refractivity contribution in [2.24, 2.45) is 0 Å². The molecule has 4 heteroatoms. The average Bonchev–Trinajstić information content (AvgIpc) is 2.42. The third-order valence-electron chi connectivity index (χ3n) is 3.04. The van der Waals surface area contributed by atoms with E-state index in [-0.39, 0.29) is 18.1 Å². The molecule has 1 unspecified atom stereocenters. The molecule has 0 aliphatic rings. The highest BCUT2D eigenvalue weighted by atomic mass is 35.5. The lowest BCUT2D eigenvalue weighted by Crippen LogP contribution is -2.06. The highest BCUT2D eigenvalue weighted by Gasteiger charge is 2.16. The topological polar surface area (TPSA) is 9.23 Å². The van der Waals surface area contributed by atoms with Gasteiger partial charge < -0.3 is 4.74 Å². The third kappa shape index (κ3) is 4.18. The molecule has 1 atom stereocenters. The van der Waals surface area contributed by atoms with E-state index < -0.39 is 17.0 Å². The lowest BCUT2D eigenvalue weighted by molar-refractivity contribution is 0.242. The van der Waals surface area contributed by atoms with Gasteiger partial charge in [-0.25, -0.2) is 8.78 Å². The monoisotopic (exact) mass is 310 g/mol. The van der Waals surface area contributed by atoms with Crippen LogP contribution in [0.1, 0.15) is 30.4 Å². The number of rotatable bonds is 5. The summed E-state index contributed by atoms with van der Waals surface area (Å²) in [7, 11) is 0. The number of halogens is 3. The summed E-state index contributed by atoms with van der Waals surface area (Å²) < 4.78 is 32.9. The molecule has 0 aliphatic carbocycles. The predicted octanol–water partition coefficient (Wildman–Crippen LogP) is 5.27. The Labute approximate surface area is 128 Å². The summed E-state index contributed by atoms with van der Waals surface area (Å²) in [6.45, 7) is 3.86. The largest absolute Gasteiger partial charge is 0.491 e. The molecule has 2 rings (SSSR count). The lowest BCUT2D eigenvalue weighted by atomic mass is 10.0. The fourth-order valence-electron chi connectivity index (χ4n) is 2.08. The second kappa shape index (κ2) is 6.90. The van der Waals surface area contributed by atoms with Crippen molar-refractivity contribution < 1.29 is 13.5 Å². The summed E-state index contributed by atoms with van der Waals surface area (Å²) in [6.07, 6.45) is 0.142. The van der Waals surface area contributed by atoms with Crippen molar-refractivity contribution >= 4 is 11.6 Å². The van der Waals surface area contributed by atoms with Gasteiger partial charge in [0.2, 0.25) is 0 Å². The van der Waals surface area contributed by atoms with E-state index >= 15 is 0 Å². The Balaban J connectivity index is 2.18. The smallest absolute Gasteiger partial charge is 0.129 e. The zero-order chi connectivity index (χ0) is 15.4. The van der Waals surface area contributed by atoms with E-state index in [0.717, 1.165) is 5.56 Å². The molecule has 0 heterocycles. The fraction of sp³-hybridized carbons (Fsp3) is 0.294. The van der Waals surface area contributed by atoms with Gasteiger partial charge in [-0.15, -0.1) is 11.6 Å². The van der Waals surface area contributed by atoms with E-state index in [1.54, 1.807) is 6.07 Å². The SMILES string of the molecule is CC(C)Oc1cccc(C(Cl)Cc2c(F)cccc2F)c1. The summed E-state index contributed by atoms with van der Waals surface area (Å²) in [6, 6.07) is 11.1. The predicted molar refractivity (Wildman–Crippen MR) is 80.9 cm³/mol. The molecule has 0 aromatic heterocycles. The average molecular weight is 311 g/mol. The van der Waals surface area contributed by atoms with E-state index in [4.69, 9.17) is 16.3 Å². The molecular weight excluding hydrogens is 294 g/mol. The summed E-state index contributed by atoms with van der Waals surface area (Å²) in [5, 5.41) is -0.521. The molecule has 112 valence electrons. The van der Waals surface area contributed by atoms with Crippen LogP contribution in [-0.2, 0) is 6.42 Å². The van der Waals surface area contributed by atoms with Crippen molar-refractivity contribution in [3.8, 4) is 5.75 Å². The minimum atomic E-state index is -0.574. The van der Waals surface area contributed by atoms with Gasteiger partial charge in [0.25, 0.3) is 0 Å². The Bertz CT molecular complexity index is 593. The summed E-state index contributed by atoms with van der Waals surface area (Å²) >= 11 is 6.30. The van der Waals surface area contributed by atoms with Gasteiger partial charge in [0.05, 0.1) is 11.5 Å². The van der Waals surface area contributed by atoms with E-state index in [0.29, 0.717) is 5.75 Å². The first-order chi connectivity index (χ1) is 9.97. The molecule has 0 fully saturated rings. The minimum Gasteiger partial charge on any atom is -0.491 e. The zero-order valence-electron chi connectivity index (χ0n) is 11.9. The van der Waals surface area contributed by atoms with Crippen molar-refractivity contribution in [2.75, 3.05) is 0 Å². The van der Waals surface area contributed by atoms with Gasteiger partial charge in [-0.3, -0.25) is 0 Å².